The van der Waals surface area contributed by atoms with E-state index in [4.69, 9.17) is 15.2 Å². The van der Waals surface area contributed by atoms with Crippen LogP contribution in [0.4, 0.5) is 0 Å². The number of Topliss-reactive ketones (excluding diaryl/α,β-unsaturated/α-hetero) is 1. The number of nitrogens with one attached hydrogen (secondary N) is 1. The molecule has 3 heterocycles. The summed E-state index contributed by atoms with van der Waals surface area (Å²) in [6, 6.07) is 16.6. The number of piperidine rings is 1. The maximum absolute atomic E-state index is 13.5. The summed E-state index contributed by atoms with van der Waals surface area (Å²) in [5, 5.41) is 0.495. The Morgan fingerprint density at radius 3 is 2.26 bits per heavy atom. The minimum atomic E-state index is -0.642. The van der Waals surface area contributed by atoms with Gasteiger partial charge in [-0.05, 0) is 42.7 Å². The highest BCUT2D eigenvalue weighted by Crippen LogP contribution is 2.35. The molecule has 39 heavy (non-hydrogen) atoms. The Hall–Kier alpha value is -4.92. The standard InChI is InChI=1S/C30H28N4O5/c1-38-21-10-8-20(9-11-21)26-27-25(23(39-2)17-33-26)22(16-32-27)28(35)30(37)34-14-12-19(13-15-34)24(29(31)36)18-6-4-3-5-7-18/h3-11,16-17,32H,12-15H2,1-2H3,(H2,31,36). The maximum Gasteiger partial charge on any atom is 0.295 e. The van der Waals surface area contributed by atoms with Gasteiger partial charge in [-0.15, -0.1) is 0 Å². The molecule has 9 heteroatoms. The number of fused-ring (bicyclic) bond motifs is 1. The van der Waals surface area contributed by atoms with E-state index < -0.39 is 17.6 Å². The second-order valence-corrected chi connectivity index (χ2v) is 9.19. The van der Waals surface area contributed by atoms with Gasteiger partial charge in [0.2, 0.25) is 5.91 Å². The third-order valence-corrected chi connectivity index (χ3v) is 7.01. The van der Waals surface area contributed by atoms with Gasteiger partial charge in [0.05, 0.1) is 42.6 Å². The molecule has 9 nitrogen and oxygen atoms in total. The Kier molecular flexibility index (Phi) is 7.14. The molecule has 0 spiro atoms. The number of aromatic nitrogens is 2. The highest BCUT2D eigenvalue weighted by atomic mass is 16.5. The molecule has 5 rings (SSSR count). The molecule has 0 atom stereocenters. The summed E-state index contributed by atoms with van der Waals surface area (Å²) in [5.41, 5.74) is 10.1. The van der Waals surface area contributed by atoms with Gasteiger partial charge in [-0.1, -0.05) is 35.9 Å². The molecule has 1 fully saturated rings. The number of hydrogen-bond acceptors (Lipinski definition) is 6. The fourth-order valence-electron chi connectivity index (χ4n) is 5.03. The lowest BCUT2D eigenvalue weighted by atomic mass is 9.92. The Balaban J connectivity index is 1.42. The number of nitrogens with zero attached hydrogens (tertiary/aromatic N) is 2. The predicted octanol–water partition coefficient (Wildman–Crippen LogP) is 3.99. The van der Waals surface area contributed by atoms with Crippen LogP contribution in [-0.2, 0) is 9.59 Å². The molecule has 0 radical (unpaired) electrons. The summed E-state index contributed by atoms with van der Waals surface area (Å²) in [6.45, 7) is 0.614. The van der Waals surface area contributed by atoms with Crippen molar-refractivity contribution in [3.63, 3.8) is 0 Å². The van der Waals surface area contributed by atoms with Gasteiger partial charge in [0.1, 0.15) is 11.5 Å². The molecule has 1 saturated heterocycles. The second kappa shape index (κ2) is 10.8. The summed E-state index contributed by atoms with van der Waals surface area (Å²) >= 11 is 0. The highest BCUT2D eigenvalue weighted by molar-refractivity contribution is 6.45. The first-order valence-electron chi connectivity index (χ1n) is 12.5. The molecule has 4 aromatic rings. The largest absolute Gasteiger partial charge is 0.497 e. The second-order valence-electron chi connectivity index (χ2n) is 9.19. The van der Waals surface area contributed by atoms with E-state index in [0.717, 1.165) is 16.7 Å². The number of nitrogens with two attached hydrogens (primary N) is 1. The first kappa shape index (κ1) is 25.7. The van der Waals surface area contributed by atoms with Crippen molar-refractivity contribution < 1.29 is 23.9 Å². The van der Waals surface area contributed by atoms with Gasteiger partial charge in [-0.25, -0.2) is 0 Å². The fraction of sp³-hybridized carbons (Fsp3) is 0.200. The lowest BCUT2D eigenvalue weighted by Crippen LogP contribution is -2.41. The first-order valence-corrected chi connectivity index (χ1v) is 12.5. The smallest absolute Gasteiger partial charge is 0.295 e. The zero-order valence-electron chi connectivity index (χ0n) is 21.7. The van der Waals surface area contributed by atoms with E-state index in [0.29, 0.717) is 59.6 Å². The molecule has 0 bridgehead atoms. The summed E-state index contributed by atoms with van der Waals surface area (Å²) in [6.07, 6.45) is 3.98. The van der Waals surface area contributed by atoms with Crippen LogP contribution >= 0.6 is 0 Å². The van der Waals surface area contributed by atoms with E-state index in [1.54, 1.807) is 13.3 Å². The van der Waals surface area contributed by atoms with Gasteiger partial charge in [0, 0.05) is 30.4 Å². The number of primary amides is 1. The highest BCUT2D eigenvalue weighted by Gasteiger charge is 2.30. The summed E-state index contributed by atoms with van der Waals surface area (Å²) in [5.74, 6) is -0.656. The molecular formula is C30H28N4O5. The lowest BCUT2D eigenvalue weighted by Gasteiger charge is -2.29. The van der Waals surface area contributed by atoms with E-state index in [9.17, 15) is 14.4 Å². The summed E-state index contributed by atoms with van der Waals surface area (Å²) in [7, 11) is 3.09. The quantitative estimate of drug-likeness (QED) is 0.214. The number of carbonyl (C=O) groups excluding carboxylic acids is 3. The van der Waals surface area contributed by atoms with Gasteiger partial charge < -0.3 is 25.1 Å². The zero-order valence-corrected chi connectivity index (χ0v) is 21.7. The summed E-state index contributed by atoms with van der Waals surface area (Å²) < 4.78 is 10.7. The molecule has 3 N–H and O–H groups in total. The van der Waals surface area contributed by atoms with Crippen molar-refractivity contribution in [1.29, 1.82) is 0 Å². The topological polar surface area (TPSA) is 128 Å². The predicted molar refractivity (Wildman–Crippen MR) is 147 cm³/mol. The van der Waals surface area contributed by atoms with E-state index in [-0.39, 0.29) is 5.56 Å². The molecular weight excluding hydrogens is 496 g/mol. The Labute approximate surface area is 225 Å². The number of ketones is 1. The SMILES string of the molecule is COc1ccc(-c2ncc(OC)c3c(C(=O)C(=O)N4CCC(=C(C(N)=O)c5ccccc5)CC4)c[nH]c23)cc1. The van der Waals surface area contributed by atoms with E-state index in [1.165, 1.54) is 18.2 Å². The normalized spacial score (nSPS) is 13.3. The minimum Gasteiger partial charge on any atom is -0.497 e. The molecule has 198 valence electrons. The van der Waals surface area contributed by atoms with Crippen LogP contribution in [0.25, 0.3) is 27.7 Å². The van der Waals surface area contributed by atoms with Gasteiger partial charge in [0.25, 0.3) is 11.7 Å². The Morgan fingerprint density at radius 2 is 1.64 bits per heavy atom. The fourth-order valence-corrected chi connectivity index (χ4v) is 5.03. The van der Waals surface area contributed by atoms with Crippen LogP contribution in [0.3, 0.4) is 0 Å². The third kappa shape index (κ3) is 4.86. The van der Waals surface area contributed by atoms with Crippen LogP contribution in [0.1, 0.15) is 28.8 Å². The van der Waals surface area contributed by atoms with Crippen LogP contribution in [0.5, 0.6) is 11.5 Å². The van der Waals surface area contributed by atoms with Crippen molar-refractivity contribution in [1.82, 2.24) is 14.9 Å². The average Bonchev–Trinajstić information content (AvgIpc) is 3.42. The summed E-state index contributed by atoms with van der Waals surface area (Å²) in [4.78, 5) is 48.2. The monoisotopic (exact) mass is 524 g/mol. The number of pyridine rings is 1. The Morgan fingerprint density at radius 1 is 0.949 bits per heavy atom. The molecule has 2 aromatic carbocycles. The lowest BCUT2D eigenvalue weighted by molar-refractivity contribution is -0.126. The van der Waals surface area contributed by atoms with E-state index >= 15 is 0 Å². The van der Waals surface area contributed by atoms with Gasteiger partial charge in [-0.2, -0.15) is 0 Å². The molecule has 2 aromatic heterocycles. The van der Waals surface area contributed by atoms with Crippen molar-refractivity contribution in [2.45, 2.75) is 12.8 Å². The number of H-pyrrole nitrogens is 1. The first-order chi connectivity index (χ1) is 18.9. The number of methoxy groups -OCH3 is 2. The molecule has 0 saturated carbocycles. The van der Waals surface area contributed by atoms with E-state index in [1.807, 2.05) is 54.6 Å². The third-order valence-electron chi connectivity index (χ3n) is 7.01. The molecule has 1 aliphatic heterocycles. The number of aromatic amines is 1. The van der Waals surface area contributed by atoms with Crippen LogP contribution in [0, 0.1) is 0 Å². The number of benzene rings is 2. The van der Waals surface area contributed by atoms with Gasteiger partial charge in [-0.3, -0.25) is 19.4 Å². The van der Waals surface area contributed by atoms with Crippen molar-refractivity contribution in [3.8, 4) is 22.8 Å². The number of hydrogen-bond donors (Lipinski definition) is 2. The minimum absolute atomic E-state index is 0.215. The Bertz CT molecular complexity index is 1580. The number of carbonyl (C=O) groups is 3. The molecule has 2 amide bonds. The number of rotatable bonds is 7. The van der Waals surface area contributed by atoms with Gasteiger partial charge >= 0.3 is 0 Å². The van der Waals surface area contributed by atoms with Crippen molar-refractivity contribution >= 4 is 34.1 Å². The molecule has 0 unspecified atom stereocenters. The van der Waals surface area contributed by atoms with Crippen LogP contribution in [-0.4, -0.2) is 59.8 Å². The van der Waals surface area contributed by atoms with Crippen molar-refractivity contribution in [3.05, 3.63) is 83.7 Å². The van der Waals surface area contributed by atoms with Crippen LogP contribution in [0.2, 0.25) is 0 Å². The average molecular weight is 525 g/mol. The number of likely N-dealkylation sites (tertiary alicyclic amines) is 1. The maximum atomic E-state index is 13.5. The van der Waals surface area contributed by atoms with Crippen LogP contribution < -0.4 is 15.2 Å². The number of ether oxygens (including phenoxy) is 2. The van der Waals surface area contributed by atoms with E-state index in [2.05, 4.69) is 9.97 Å². The molecule has 0 aliphatic carbocycles. The van der Waals surface area contributed by atoms with Crippen LogP contribution in [0.15, 0.2) is 72.6 Å². The van der Waals surface area contributed by atoms with Gasteiger partial charge in [0.15, 0.2) is 0 Å². The van der Waals surface area contributed by atoms with Crippen molar-refractivity contribution in [2.24, 2.45) is 5.73 Å². The number of amides is 2. The zero-order chi connectivity index (χ0) is 27.5. The van der Waals surface area contributed by atoms with Crippen molar-refractivity contribution in [2.75, 3.05) is 27.3 Å². The molecule has 1 aliphatic rings.